The van der Waals surface area contributed by atoms with E-state index in [9.17, 15) is 0 Å². The van der Waals surface area contributed by atoms with Gasteiger partial charge in [-0.15, -0.1) is 11.3 Å². The number of hydrogen-bond donors (Lipinski definition) is 2. The quantitative estimate of drug-likeness (QED) is 0.581. The highest BCUT2D eigenvalue weighted by molar-refractivity contribution is 7.17. The normalized spacial score (nSPS) is 10.9. The van der Waals surface area contributed by atoms with Gasteiger partial charge in [0.25, 0.3) is 0 Å². The number of thiophene rings is 1. The number of anilines is 1. The van der Waals surface area contributed by atoms with Crippen molar-refractivity contribution in [3.8, 4) is 17.1 Å². The minimum atomic E-state index is 0.507. The van der Waals surface area contributed by atoms with E-state index in [2.05, 4.69) is 30.5 Å². The summed E-state index contributed by atoms with van der Waals surface area (Å²) in [7, 11) is 1.64. The summed E-state index contributed by atoms with van der Waals surface area (Å²) in [5.41, 5.74) is 1.87. The summed E-state index contributed by atoms with van der Waals surface area (Å²) in [6.45, 7) is 0.507. The van der Waals surface area contributed by atoms with E-state index < -0.39 is 0 Å². The number of hydrogen-bond acceptors (Lipinski definition) is 7. The van der Waals surface area contributed by atoms with Crippen molar-refractivity contribution in [1.29, 1.82) is 0 Å². The van der Waals surface area contributed by atoms with Gasteiger partial charge < -0.3 is 10.1 Å². The van der Waals surface area contributed by atoms with E-state index >= 15 is 0 Å². The van der Waals surface area contributed by atoms with E-state index in [0.29, 0.717) is 12.4 Å². The Kier molecular flexibility index (Phi) is 3.80. The predicted octanol–water partition coefficient (Wildman–Crippen LogP) is 3.10. The van der Waals surface area contributed by atoms with Crippen LogP contribution >= 0.6 is 11.3 Å². The summed E-state index contributed by atoms with van der Waals surface area (Å²) in [6.07, 6.45) is 1.56. The Bertz CT molecular complexity index is 962. The number of methoxy groups -OCH3 is 1. The molecule has 0 amide bonds. The number of aromatic amines is 1. The first kappa shape index (κ1) is 14.6. The van der Waals surface area contributed by atoms with Crippen LogP contribution in [0.4, 0.5) is 5.82 Å². The SMILES string of the molecule is COc1ccc(-c2n[nH]c(CNc3ncnc4ccsc34)n2)cc1. The van der Waals surface area contributed by atoms with E-state index in [1.807, 2.05) is 35.7 Å². The molecule has 2 N–H and O–H groups in total. The third-order valence-electron chi connectivity index (χ3n) is 3.55. The van der Waals surface area contributed by atoms with E-state index in [1.165, 1.54) is 0 Å². The lowest BCUT2D eigenvalue weighted by atomic mass is 10.2. The Balaban J connectivity index is 1.50. The number of nitrogens with zero attached hydrogens (tertiary/aromatic N) is 4. The first-order valence-corrected chi connectivity index (χ1v) is 8.19. The number of aromatic nitrogens is 5. The van der Waals surface area contributed by atoms with E-state index in [0.717, 1.165) is 33.2 Å². The molecular formula is C16H14N6OS. The molecule has 3 aromatic heterocycles. The van der Waals surface area contributed by atoms with Gasteiger partial charge in [-0.1, -0.05) is 0 Å². The first-order chi connectivity index (χ1) is 11.8. The molecule has 24 heavy (non-hydrogen) atoms. The molecule has 0 atom stereocenters. The van der Waals surface area contributed by atoms with Crippen molar-refractivity contribution in [2.75, 3.05) is 12.4 Å². The molecule has 0 saturated carbocycles. The maximum atomic E-state index is 5.16. The third kappa shape index (κ3) is 2.79. The number of benzene rings is 1. The van der Waals surface area contributed by atoms with Crippen LogP contribution in [0.1, 0.15) is 5.82 Å². The van der Waals surface area contributed by atoms with Gasteiger partial charge in [-0.2, -0.15) is 5.10 Å². The molecular weight excluding hydrogens is 324 g/mol. The van der Waals surface area contributed by atoms with Crippen LogP contribution in [0.2, 0.25) is 0 Å². The van der Waals surface area contributed by atoms with Crippen LogP contribution in [0.5, 0.6) is 5.75 Å². The van der Waals surface area contributed by atoms with Crippen molar-refractivity contribution in [3.05, 3.63) is 47.9 Å². The molecule has 0 aliphatic heterocycles. The Morgan fingerprint density at radius 1 is 1.17 bits per heavy atom. The van der Waals surface area contributed by atoms with Crippen molar-refractivity contribution in [2.45, 2.75) is 6.54 Å². The molecule has 3 heterocycles. The zero-order valence-electron chi connectivity index (χ0n) is 12.9. The van der Waals surface area contributed by atoms with Gasteiger partial charge in [0.15, 0.2) is 5.82 Å². The van der Waals surface area contributed by atoms with Gasteiger partial charge in [-0.05, 0) is 35.7 Å². The Morgan fingerprint density at radius 2 is 2.04 bits per heavy atom. The van der Waals surface area contributed by atoms with Crippen LogP contribution in [0.15, 0.2) is 42.0 Å². The van der Waals surface area contributed by atoms with Crippen molar-refractivity contribution in [3.63, 3.8) is 0 Å². The largest absolute Gasteiger partial charge is 0.497 e. The summed E-state index contributed by atoms with van der Waals surface area (Å²) < 4.78 is 6.19. The molecule has 8 heteroatoms. The van der Waals surface area contributed by atoms with Gasteiger partial charge in [0.2, 0.25) is 0 Å². The number of nitrogens with one attached hydrogen (secondary N) is 2. The third-order valence-corrected chi connectivity index (χ3v) is 4.46. The lowest BCUT2D eigenvalue weighted by molar-refractivity contribution is 0.415. The van der Waals surface area contributed by atoms with Gasteiger partial charge >= 0.3 is 0 Å². The van der Waals surface area contributed by atoms with Crippen LogP contribution in [-0.2, 0) is 6.54 Å². The molecule has 0 spiro atoms. The number of rotatable bonds is 5. The Labute approximate surface area is 141 Å². The molecule has 0 aliphatic carbocycles. The summed E-state index contributed by atoms with van der Waals surface area (Å²) in [6, 6.07) is 9.61. The Morgan fingerprint density at radius 3 is 2.88 bits per heavy atom. The maximum absolute atomic E-state index is 5.16. The molecule has 4 rings (SSSR count). The van der Waals surface area contributed by atoms with E-state index in [1.54, 1.807) is 24.8 Å². The van der Waals surface area contributed by atoms with Crippen molar-refractivity contribution in [2.24, 2.45) is 0 Å². The van der Waals surface area contributed by atoms with Crippen LogP contribution in [0, 0.1) is 0 Å². The Hall–Kier alpha value is -3.00. The summed E-state index contributed by atoms with van der Waals surface area (Å²) in [4.78, 5) is 13.0. The van der Waals surface area contributed by atoms with Crippen LogP contribution in [0.3, 0.4) is 0 Å². The summed E-state index contributed by atoms with van der Waals surface area (Å²) >= 11 is 1.61. The molecule has 120 valence electrons. The fourth-order valence-electron chi connectivity index (χ4n) is 2.33. The predicted molar refractivity (Wildman–Crippen MR) is 93.1 cm³/mol. The summed E-state index contributed by atoms with van der Waals surface area (Å²) in [5, 5.41) is 12.5. The van der Waals surface area contributed by atoms with E-state index in [-0.39, 0.29) is 0 Å². The summed E-state index contributed by atoms with van der Waals surface area (Å²) in [5.74, 6) is 3.00. The molecule has 0 saturated heterocycles. The first-order valence-electron chi connectivity index (χ1n) is 7.31. The second kappa shape index (κ2) is 6.25. The zero-order chi connectivity index (χ0) is 16.4. The van der Waals surface area contributed by atoms with Gasteiger partial charge in [0.05, 0.1) is 23.9 Å². The number of fused-ring (bicyclic) bond motifs is 1. The second-order valence-electron chi connectivity index (χ2n) is 5.05. The van der Waals surface area contributed by atoms with Crippen molar-refractivity contribution < 1.29 is 4.74 Å². The average molecular weight is 338 g/mol. The minimum Gasteiger partial charge on any atom is -0.497 e. The monoisotopic (exact) mass is 338 g/mol. The number of ether oxygens (including phenoxy) is 1. The smallest absolute Gasteiger partial charge is 0.181 e. The fourth-order valence-corrected chi connectivity index (χ4v) is 3.14. The minimum absolute atomic E-state index is 0.507. The van der Waals surface area contributed by atoms with E-state index in [4.69, 9.17) is 4.74 Å². The zero-order valence-corrected chi connectivity index (χ0v) is 13.7. The molecule has 0 radical (unpaired) electrons. The average Bonchev–Trinajstić information content (AvgIpc) is 3.29. The lowest BCUT2D eigenvalue weighted by Gasteiger charge is -2.03. The molecule has 0 bridgehead atoms. The molecule has 0 unspecified atom stereocenters. The van der Waals surface area contributed by atoms with Crippen LogP contribution < -0.4 is 10.1 Å². The van der Waals surface area contributed by atoms with Gasteiger partial charge in [0, 0.05) is 5.56 Å². The molecule has 0 aliphatic rings. The highest BCUT2D eigenvalue weighted by atomic mass is 32.1. The van der Waals surface area contributed by atoms with Crippen LogP contribution in [0.25, 0.3) is 21.6 Å². The van der Waals surface area contributed by atoms with Gasteiger partial charge in [-0.25, -0.2) is 15.0 Å². The van der Waals surface area contributed by atoms with Crippen molar-refractivity contribution in [1.82, 2.24) is 25.1 Å². The molecule has 7 nitrogen and oxygen atoms in total. The highest BCUT2D eigenvalue weighted by Crippen LogP contribution is 2.25. The maximum Gasteiger partial charge on any atom is 0.181 e. The molecule has 1 aromatic carbocycles. The highest BCUT2D eigenvalue weighted by Gasteiger charge is 2.08. The molecule has 4 aromatic rings. The lowest BCUT2D eigenvalue weighted by Crippen LogP contribution is -2.03. The van der Waals surface area contributed by atoms with Gasteiger partial charge in [-0.3, -0.25) is 5.10 Å². The topological polar surface area (TPSA) is 88.6 Å². The fraction of sp³-hybridized carbons (Fsp3) is 0.125. The number of H-pyrrole nitrogens is 1. The van der Waals surface area contributed by atoms with Crippen LogP contribution in [-0.4, -0.2) is 32.3 Å². The van der Waals surface area contributed by atoms with Gasteiger partial charge in [0.1, 0.15) is 23.7 Å². The second-order valence-corrected chi connectivity index (χ2v) is 5.96. The molecule has 0 fully saturated rings. The standard InChI is InChI=1S/C16H14N6OS/c1-23-11-4-2-10(3-5-11)15-20-13(21-22-15)8-17-16-14-12(6-7-24-14)18-9-19-16/h2-7,9H,8H2,1H3,(H,17,18,19)(H,20,21,22). The van der Waals surface area contributed by atoms with Crippen molar-refractivity contribution >= 4 is 27.4 Å².